The Morgan fingerprint density at radius 1 is 1.35 bits per heavy atom. The van der Waals surface area contributed by atoms with E-state index in [1.54, 1.807) is 0 Å². The summed E-state index contributed by atoms with van der Waals surface area (Å²) >= 11 is 0. The van der Waals surface area contributed by atoms with Gasteiger partial charge >= 0.3 is 0 Å². The van der Waals surface area contributed by atoms with Gasteiger partial charge in [0.15, 0.2) is 0 Å². The third kappa shape index (κ3) is 3.81. The van der Waals surface area contributed by atoms with Crippen LogP contribution in [0.4, 0.5) is 0 Å². The maximum atomic E-state index is 4.36. The van der Waals surface area contributed by atoms with Gasteiger partial charge in [-0.2, -0.15) is 0 Å². The molecular weight excluding hydrogens is 208 g/mol. The number of nitrogens with zero attached hydrogens (tertiary/aromatic N) is 1. The van der Waals surface area contributed by atoms with Gasteiger partial charge in [0.05, 0.1) is 5.69 Å². The van der Waals surface area contributed by atoms with E-state index in [-0.39, 0.29) is 0 Å². The van der Waals surface area contributed by atoms with Crippen LogP contribution in [0.15, 0.2) is 24.4 Å². The highest BCUT2D eigenvalue weighted by Crippen LogP contribution is 2.38. The second-order valence-electron chi connectivity index (χ2n) is 6.31. The van der Waals surface area contributed by atoms with Gasteiger partial charge in [0.1, 0.15) is 0 Å². The van der Waals surface area contributed by atoms with Crippen molar-refractivity contribution >= 4 is 0 Å². The molecule has 2 atom stereocenters. The Kier molecular flexibility index (Phi) is 3.82. The molecule has 1 aromatic heterocycles. The first-order chi connectivity index (χ1) is 8.05. The summed E-state index contributed by atoms with van der Waals surface area (Å²) < 4.78 is 0. The first kappa shape index (κ1) is 12.6. The van der Waals surface area contributed by atoms with Crippen molar-refractivity contribution in [3.63, 3.8) is 0 Å². The van der Waals surface area contributed by atoms with Gasteiger partial charge in [-0.25, -0.2) is 0 Å². The smallest absolute Gasteiger partial charge is 0.0541 e. The van der Waals surface area contributed by atoms with E-state index in [2.05, 4.69) is 43.2 Å². The monoisotopic (exact) mass is 232 g/mol. The molecule has 0 aliphatic heterocycles. The van der Waals surface area contributed by atoms with Crippen LogP contribution < -0.4 is 5.32 Å². The van der Waals surface area contributed by atoms with Gasteiger partial charge in [-0.1, -0.05) is 26.8 Å². The Labute approximate surface area is 105 Å². The van der Waals surface area contributed by atoms with Crippen LogP contribution in [0.2, 0.25) is 0 Å². The molecule has 1 aliphatic rings. The molecule has 0 saturated heterocycles. The molecule has 0 aromatic carbocycles. The molecule has 0 radical (unpaired) electrons. The van der Waals surface area contributed by atoms with Gasteiger partial charge in [-0.3, -0.25) is 4.98 Å². The van der Waals surface area contributed by atoms with Crippen LogP contribution in [0.5, 0.6) is 0 Å². The lowest BCUT2D eigenvalue weighted by Gasteiger charge is -2.39. The summed E-state index contributed by atoms with van der Waals surface area (Å²) in [4.78, 5) is 4.36. The van der Waals surface area contributed by atoms with Crippen LogP contribution >= 0.6 is 0 Å². The zero-order valence-corrected chi connectivity index (χ0v) is 11.2. The van der Waals surface area contributed by atoms with E-state index in [4.69, 9.17) is 0 Å². The molecule has 1 aliphatic carbocycles. The molecule has 2 unspecified atom stereocenters. The SMILES string of the molecule is CC1CC(NCc2ccccn2)CC(C)(C)C1. The molecule has 0 amide bonds. The van der Waals surface area contributed by atoms with E-state index in [0.29, 0.717) is 11.5 Å². The molecule has 0 bridgehead atoms. The number of hydrogen-bond acceptors (Lipinski definition) is 2. The van der Waals surface area contributed by atoms with Gasteiger partial charge in [-0.15, -0.1) is 0 Å². The van der Waals surface area contributed by atoms with Crippen LogP contribution in [0.1, 0.15) is 45.7 Å². The lowest BCUT2D eigenvalue weighted by atomic mass is 9.70. The molecule has 94 valence electrons. The Morgan fingerprint density at radius 2 is 2.18 bits per heavy atom. The molecule has 1 aromatic rings. The first-order valence-electron chi connectivity index (χ1n) is 6.68. The van der Waals surface area contributed by atoms with Crippen LogP contribution in [0.3, 0.4) is 0 Å². The maximum Gasteiger partial charge on any atom is 0.0541 e. The molecule has 17 heavy (non-hydrogen) atoms. The maximum absolute atomic E-state index is 4.36. The fourth-order valence-corrected chi connectivity index (χ4v) is 3.25. The minimum absolute atomic E-state index is 0.486. The quantitative estimate of drug-likeness (QED) is 0.864. The number of rotatable bonds is 3. The summed E-state index contributed by atoms with van der Waals surface area (Å²) in [6.07, 6.45) is 5.81. The standard InChI is InChI=1S/C15H24N2/c1-12-8-14(10-15(2,3)9-12)17-11-13-6-4-5-7-16-13/h4-7,12,14,17H,8-11H2,1-3H3. The summed E-state index contributed by atoms with van der Waals surface area (Å²) in [5.41, 5.74) is 1.63. The predicted octanol–water partition coefficient (Wildman–Crippen LogP) is 3.39. The number of hydrogen-bond donors (Lipinski definition) is 1. The molecule has 2 heteroatoms. The van der Waals surface area contributed by atoms with Crippen molar-refractivity contribution < 1.29 is 0 Å². The minimum Gasteiger partial charge on any atom is -0.308 e. The van der Waals surface area contributed by atoms with Crippen LogP contribution in [-0.2, 0) is 6.54 Å². The van der Waals surface area contributed by atoms with E-state index < -0.39 is 0 Å². The fourth-order valence-electron chi connectivity index (χ4n) is 3.25. The van der Waals surface area contributed by atoms with Gasteiger partial charge < -0.3 is 5.32 Å². The van der Waals surface area contributed by atoms with Crippen molar-refractivity contribution in [2.75, 3.05) is 0 Å². The summed E-state index contributed by atoms with van der Waals surface area (Å²) in [5.74, 6) is 0.833. The molecule has 1 saturated carbocycles. The van der Waals surface area contributed by atoms with Gasteiger partial charge in [-0.05, 0) is 42.7 Å². The van der Waals surface area contributed by atoms with Crippen molar-refractivity contribution in [3.8, 4) is 0 Å². The third-order valence-corrected chi connectivity index (χ3v) is 3.68. The molecule has 1 heterocycles. The van der Waals surface area contributed by atoms with Crippen LogP contribution in [0, 0.1) is 11.3 Å². The van der Waals surface area contributed by atoms with E-state index >= 15 is 0 Å². The van der Waals surface area contributed by atoms with Gasteiger partial charge in [0.2, 0.25) is 0 Å². The second-order valence-corrected chi connectivity index (χ2v) is 6.31. The molecule has 1 N–H and O–H groups in total. The summed E-state index contributed by atoms with van der Waals surface area (Å²) in [7, 11) is 0. The largest absolute Gasteiger partial charge is 0.308 e. The number of aromatic nitrogens is 1. The Balaban J connectivity index is 1.87. The summed E-state index contributed by atoms with van der Waals surface area (Å²) in [6, 6.07) is 6.76. The van der Waals surface area contributed by atoms with Crippen molar-refractivity contribution in [2.24, 2.45) is 11.3 Å². The van der Waals surface area contributed by atoms with Crippen molar-refractivity contribution in [2.45, 2.75) is 52.6 Å². The molecule has 2 nitrogen and oxygen atoms in total. The van der Waals surface area contributed by atoms with E-state index in [0.717, 1.165) is 18.2 Å². The van der Waals surface area contributed by atoms with Crippen LogP contribution in [0.25, 0.3) is 0 Å². The average Bonchev–Trinajstić information content (AvgIpc) is 2.25. The second kappa shape index (κ2) is 5.18. The topological polar surface area (TPSA) is 24.9 Å². The molecule has 0 spiro atoms. The summed E-state index contributed by atoms with van der Waals surface area (Å²) in [5, 5.41) is 3.66. The van der Waals surface area contributed by atoms with Crippen molar-refractivity contribution in [1.29, 1.82) is 0 Å². The minimum atomic E-state index is 0.486. The van der Waals surface area contributed by atoms with E-state index in [1.807, 2.05) is 12.3 Å². The zero-order chi connectivity index (χ0) is 12.3. The zero-order valence-electron chi connectivity index (χ0n) is 11.2. The number of nitrogens with one attached hydrogen (secondary N) is 1. The van der Waals surface area contributed by atoms with Crippen LogP contribution in [-0.4, -0.2) is 11.0 Å². The lowest BCUT2D eigenvalue weighted by molar-refractivity contribution is 0.150. The Bertz CT molecular complexity index is 345. The first-order valence-corrected chi connectivity index (χ1v) is 6.68. The van der Waals surface area contributed by atoms with Gasteiger partial charge in [0.25, 0.3) is 0 Å². The highest BCUT2D eigenvalue weighted by atomic mass is 14.9. The van der Waals surface area contributed by atoms with Gasteiger partial charge in [0, 0.05) is 18.8 Å². The average molecular weight is 232 g/mol. The lowest BCUT2D eigenvalue weighted by Crippen LogP contribution is -2.39. The molecule has 1 fully saturated rings. The Hall–Kier alpha value is -0.890. The van der Waals surface area contributed by atoms with E-state index in [9.17, 15) is 0 Å². The fraction of sp³-hybridized carbons (Fsp3) is 0.667. The highest BCUT2D eigenvalue weighted by Gasteiger charge is 2.31. The summed E-state index contributed by atoms with van der Waals surface area (Å²) in [6.45, 7) is 8.04. The molecular formula is C15H24N2. The highest BCUT2D eigenvalue weighted by molar-refractivity contribution is 5.03. The predicted molar refractivity (Wildman–Crippen MR) is 71.7 cm³/mol. The Morgan fingerprint density at radius 3 is 2.82 bits per heavy atom. The third-order valence-electron chi connectivity index (χ3n) is 3.68. The van der Waals surface area contributed by atoms with E-state index in [1.165, 1.54) is 19.3 Å². The number of pyridine rings is 1. The van der Waals surface area contributed by atoms with Crippen molar-refractivity contribution in [1.82, 2.24) is 10.3 Å². The molecule has 2 rings (SSSR count). The normalized spacial score (nSPS) is 27.9. The van der Waals surface area contributed by atoms with Crippen molar-refractivity contribution in [3.05, 3.63) is 30.1 Å².